The van der Waals surface area contributed by atoms with Gasteiger partial charge in [0.15, 0.2) is 0 Å². The Morgan fingerprint density at radius 3 is 2.37 bits per heavy atom. The highest BCUT2D eigenvalue weighted by Gasteiger charge is 2.27. The Bertz CT molecular complexity index is 431. The fourth-order valence-corrected chi connectivity index (χ4v) is 3.28. The highest BCUT2D eigenvalue weighted by molar-refractivity contribution is 9.10. The summed E-state index contributed by atoms with van der Waals surface area (Å²) in [6.07, 6.45) is 0. The third-order valence-corrected chi connectivity index (χ3v) is 5.29. The standard InChI is InChI=1S/C14H25BrN4/c1-6-19-13(14(15)12(4)16-19)9-18-7-10(2)17(5)11(3)8-18/h10-11H,6-9H2,1-5H3. The van der Waals surface area contributed by atoms with E-state index in [0.717, 1.165) is 31.9 Å². The number of halogens is 1. The quantitative estimate of drug-likeness (QED) is 0.852. The van der Waals surface area contributed by atoms with E-state index in [1.54, 1.807) is 0 Å². The first kappa shape index (κ1) is 15.0. The van der Waals surface area contributed by atoms with Crippen molar-refractivity contribution in [2.75, 3.05) is 20.1 Å². The van der Waals surface area contributed by atoms with Gasteiger partial charge in [0, 0.05) is 38.3 Å². The van der Waals surface area contributed by atoms with Gasteiger partial charge in [-0.15, -0.1) is 0 Å². The number of rotatable bonds is 3. The van der Waals surface area contributed by atoms with E-state index in [2.05, 4.69) is 70.3 Å². The molecule has 0 aliphatic carbocycles. The van der Waals surface area contributed by atoms with Crippen molar-refractivity contribution in [3.05, 3.63) is 15.9 Å². The molecule has 1 aliphatic heterocycles. The number of hydrogen-bond donors (Lipinski definition) is 0. The minimum Gasteiger partial charge on any atom is -0.298 e. The van der Waals surface area contributed by atoms with Crippen molar-refractivity contribution in [1.29, 1.82) is 0 Å². The number of aromatic nitrogens is 2. The summed E-state index contributed by atoms with van der Waals surface area (Å²) in [7, 11) is 2.23. The predicted octanol–water partition coefficient (Wildman–Crippen LogP) is 2.50. The Morgan fingerprint density at radius 1 is 1.26 bits per heavy atom. The van der Waals surface area contributed by atoms with Crippen LogP contribution in [0, 0.1) is 6.92 Å². The van der Waals surface area contributed by atoms with Crippen molar-refractivity contribution >= 4 is 15.9 Å². The molecule has 4 nitrogen and oxygen atoms in total. The molecule has 108 valence electrons. The van der Waals surface area contributed by atoms with Gasteiger partial charge >= 0.3 is 0 Å². The number of nitrogens with zero attached hydrogens (tertiary/aromatic N) is 4. The molecule has 2 unspecified atom stereocenters. The van der Waals surface area contributed by atoms with E-state index in [4.69, 9.17) is 0 Å². The normalized spacial score (nSPS) is 26.0. The molecule has 0 aromatic carbocycles. The van der Waals surface area contributed by atoms with Gasteiger partial charge in [-0.25, -0.2) is 0 Å². The van der Waals surface area contributed by atoms with Crippen molar-refractivity contribution in [3.63, 3.8) is 0 Å². The summed E-state index contributed by atoms with van der Waals surface area (Å²) < 4.78 is 3.29. The molecule has 0 N–H and O–H groups in total. The van der Waals surface area contributed by atoms with E-state index in [0.29, 0.717) is 12.1 Å². The minimum absolute atomic E-state index is 0.613. The van der Waals surface area contributed by atoms with Gasteiger partial charge in [-0.2, -0.15) is 5.10 Å². The van der Waals surface area contributed by atoms with Crippen molar-refractivity contribution in [1.82, 2.24) is 19.6 Å². The molecule has 19 heavy (non-hydrogen) atoms. The number of likely N-dealkylation sites (N-methyl/N-ethyl adjacent to an activating group) is 1. The molecule has 1 saturated heterocycles. The van der Waals surface area contributed by atoms with Gasteiger partial charge in [0.1, 0.15) is 0 Å². The fourth-order valence-electron chi connectivity index (χ4n) is 2.87. The summed E-state index contributed by atoms with van der Waals surface area (Å²) in [5.74, 6) is 0. The maximum absolute atomic E-state index is 4.58. The Balaban J connectivity index is 2.13. The molecule has 2 rings (SSSR count). The second-order valence-electron chi connectivity index (χ2n) is 5.72. The van der Waals surface area contributed by atoms with Crippen LogP contribution in [-0.2, 0) is 13.1 Å². The molecule has 1 aromatic rings. The van der Waals surface area contributed by atoms with Gasteiger partial charge in [-0.05, 0) is 50.7 Å². The second kappa shape index (κ2) is 5.94. The van der Waals surface area contributed by atoms with Crippen LogP contribution in [0.2, 0.25) is 0 Å². The molecule has 0 bridgehead atoms. The average Bonchev–Trinajstić information content (AvgIpc) is 2.63. The topological polar surface area (TPSA) is 24.3 Å². The summed E-state index contributed by atoms with van der Waals surface area (Å²) >= 11 is 3.69. The van der Waals surface area contributed by atoms with Crippen LogP contribution >= 0.6 is 15.9 Å². The lowest BCUT2D eigenvalue weighted by Gasteiger charge is -2.42. The first-order valence-electron chi connectivity index (χ1n) is 7.10. The zero-order valence-electron chi connectivity index (χ0n) is 12.6. The van der Waals surface area contributed by atoms with Gasteiger partial charge < -0.3 is 0 Å². The lowest BCUT2D eigenvalue weighted by Crippen LogP contribution is -2.54. The van der Waals surface area contributed by atoms with Crippen LogP contribution in [0.4, 0.5) is 0 Å². The van der Waals surface area contributed by atoms with Crippen LogP contribution in [0.15, 0.2) is 4.47 Å². The maximum Gasteiger partial charge on any atom is 0.0739 e. The summed E-state index contributed by atoms with van der Waals surface area (Å²) in [5.41, 5.74) is 2.40. The van der Waals surface area contributed by atoms with E-state index in [-0.39, 0.29) is 0 Å². The molecule has 0 saturated carbocycles. The third-order valence-electron chi connectivity index (χ3n) is 4.26. The molecule has 1 fully saturated rings. The summed E-state index contributed by atoms with van der Waals surface area (Å²) in [6, 6.07) is 1.23. The van der Waals surface area contributed by atoms with Gasteiger partial charge in [0.25, 0.3) is 0 Å². The highest BCUT2D eigenvalue weighted by atomic mass is 79.9. The SMILES string of the molecule is CCn1nc(C)c(Br)c1CN1CC(C)N(C)C(C)C1. The number of piperazine rings is 1. The van der Waals surface area contributed by atoms with Crippen LogP contribution in [0.3, 0.4) is 0 Å². The van der Waals surface area contributed by atoms with E-state index < -0.39 is 0 Å². The first-order chi connectivity index (χ1) is 8.93. The monoisotopic (exact) mass is 328 g/mol. The average molecular weight is 329 g/mol. The molecular weight excluding hydrogens is 304 g/mol. The second-order valence-corrected chi connectivity index (χ2v) is 6.51. The van der Waals surface area contributed by atoms with Gasteiger partial charge in [-0.1, -0.05) is 0 Å². The van der Waals surface area contributed by atoms with E-state index in [9.17, 15) is 0 Å². The minimum atomic E-state index is 0.613. The van der Waals surface area contributed by atoms with Gasteiger partial charge in [-0.3, -0.25) is 14.5 Å². The Kier molecular flexibility index (Phi) is 4.69. The molecule has 0 spiro atoms. The van der Waals surface area contributed by atoms with E-state index in [1.165, 1.54) is 10.2 Å². The lowest BCUT2D eigenvalue weighted by molar-refractivity contribution is 0.0540. The highest BCUT2D eigenvalue weighted by Crippen LogP contribution is 2.24. The van der Waals surface area contributed by atoms with Crippen LogP contribution in [0.1, 0.15) is 32.2 Å². The first-order valence-corrected chi connectivity index (χ1v) is 7.89. The predicted molar refractivity (Wildman–Crippen MR) is 82.3 cm³/mol. The number of hydrogen-bond acceptors (Lipinski definition) is 3. The summed E-state index contributed by atoms with van der Waals surface area (Å²) in [4.78, 5) is 5.01. The molecule has 1 aromatic heterocycles. The smallest absolute Gasteiger partial charge is 0.0739 e. The van der Waals surface area contributed by atoms with E-state index >= 15 is 0 Å². The third kappa shape index (κ3) is 3.03. The number of aryl methyl sites for hydroxylation is 2. The fraction of sp³-hybridized carbons (Fsp3) is 0.786. The summed E-state index contributed by atoms with van der Waals surface area (Å²) in [5, 5.41) is 4.58. The van der Waals surface area contributed by atoms with Crippen LogP contribution in [-0.4, -0.2) is 51.8 Å². The van der Waals surface area contributed by atoms with Crippen molar-refractivity contribution in [2.24, 2.45) is 0 Å². The molecule has 1 aliphatic rings. The lowest BCUT2D eigenvalue weighted by atomic mass is 10.1. The van der Waals surface area contributed by atoms with Crippen molar-refractivity contribution in [3.8, 4) is 0 Å². The molecule has 0 radical (unpaired) electrons. The van der Waals surface area contributed by atoms with Crippen LogP contribution in [0.25, 0.3) is 0 Å². The zero-order chi connectivity index (χ0) is 14.2. The van der Waals surface area contributed by atoms with Crippen LogP contribution in [0.5, 0.6) is 0 Å². The van der Waals surface area contributed by atoms with Gasteiger partial charge in [0.2, 0.25) is 0 Å². The Hall–Kier alpha value is -0.390. The molecule has 0 amide bonds. The van der Waals surface area contributed by atoms with Crippen LogP contribution < -0.4 is 0 Å². The van der Waals surface area contributed by atoms with Crippen molar-refractivity contribution < 1.29 is 0 Å². The molecular formula is C14H25BrN4. The zero-order valence-corrected chi connectivity index (χ0v) is 14.2. The molecule has 2 heterocycles. The maximum atomic E-state index is 4.58. The summed E-state index contributed by atoms with van der Waals surface area (Å²) in [6.45, 7) is 13.0. The van der Waals surface area contributed by atoms with Crippen molar-refractivity contribution in [2.45, 2.75) is 52.9 Å². The van der Waals surface area contributed by atoms with Gasteiger partial charge in [0.05, 0.1) is 15.9 Å². The Labute approximate surface area is 124 Å². The molecule has 2 atom stereocenters. The Morgan fingerprint density at radius 2 is 1.84 bits per heavy atom. The van der Waals surface area contributed by atoms with E-state index in [1.807, 2.05) is 0 Å². The molecule has 5 heteroatoms. The largest absolute Gasteiger partial charge is 0.298 e.